The third-order valence-corrected chi connectivity index (χ3v) is 3.48. The number of imidazole rings is 1. The Hall–Kier alpha value is -1.60. The van der Waals surface area contributed by atoms with Crippen molar-refractivity contribution in [3.8, 4) is 0 Å². The van der Waals surface area contributed by atoms with Crippen LogP contribution in [0, 0.1) is 0 Å². The van der Waals surface area contributed by atoms with E-state index in [2.05, 4.69) is 10.3 Å². The van der Waals surface area contributed by atoms with E-state index < -0.39 is 0 Å². The van der Waals surface area contributed by atoms with Crippen LogP contribution in [0.25, 0.3) is 0 Å². The molecule has 1 aromatic rings. The van der Waals surface area contributed by atoms with Crippen LogP contribution in [0.3, 0.4) is 0 Å². The van der Waals surface area contributed by atoms with Gasteiger partial charge in [-0.15, -0.1) is 0 Å². The highest BCUT2D eigenvalue weighted by Crippen LogP contribution is 2.16. The highest BCUT2D eigenvalue weighted by molar-refractivity contribution is 5.92. The molecule has 0 spiro atoms. The van der Waals surface area contributed by atoms with Crippen LogP contribution in [-0.2, 0) is 11.3 Å². The number of anilines is 1. The number of nitrogens with one attached hydrogen (secondary N) is 1. The van der Waals surface area contributed by atoms with Gasteiger partial charge < -0.3 is 24.6 Å². The van der Waals surface area contributed by atoms with Crippen molar-refractivity contribution in [2.45, 2.75) is 19.1 Å². The summed E-state index contributed by atoms with van der Waals surface area (Å²) in [6, 6.07) is 0. The second kappa shape index (κ2) is 5.18. The molecule has 1 saturated heterocycles. The van der Waals surface area contributed by atoms with E-state index in [1.54, 1.807) is 11.1 Å². The van der Waals surface area contributed by atoms with Crippen molar-refractivity contribution in [2.75, 3.05) is 38.2 Å². The zero-order valence-corrected chi connectivity index (χ0v) is 10.7. The van der Waals surface area contributed by atoms with Crippen LogP contribution in [0.1, 0.15) is 16.9 Å². The van der Waals surface area contributed by atoms with Gasteiger partial charge in [0.2, 0.25) is 5.95 Å². The molecule has 7 heteroatoms. The van der Waals surface area contributed by atoms with Gasteiger partial charge in [-0.2, -0.15) is 0 Å². The molecule has 3 rings (SSSR count). The van der Waals surface area contributed by atoms with Crippen LogP contribution in [0.15, 0.2) is 6.20 Å². The first-order chi connectivity index (χ1) is 9.28. The second-order valence-electron chi connectivity index (χ2n) is 4.85. The minimum absolute atomic E-state index is 0.0645. The number of carbonyl (C=O) groups excluding carboxylic acids is 1. The summed E-state index contributed by atoms with van der Waals surface area (Å²) in [4.78, 5) is 18.4. The number of hydrogen-bond donors (Lipinski definition) is 2. The fraction of sp³-hybridized carbons (Fsp3) is 0.667. The first-order valence-corrected chi connectivity index (χ1v) is 6.60. The normalized spacial score (nSPS) is 22.8. The summed E-state index contributed by atoms with van der Waals surface area (Å²) in [6.07, 6.45) is 2.56. The van der Waals surface area contributed by atoms with E-state index in [1.165, 1.54) is 0 Å². The van der Waals surface area contributed by atoms with Crippen LogP contribution >= 0.6 is 0 Å². The van der Waals surface area contributed by atoms with Crippen molar-refractivity contribution < 1.29 is 14.6 Å². The van der Waals surface area contributed by atoms with Crippen LogP contribution in [0.5, 0.6) is 0 Å². The summed E-state index contributed by atoms with van der Waals surface area (Å²) < 4.78 is 7.32. The monoisotopic (exact) mass is 266 g/mol. The van der Waals surface area contributed by atoms with Crippen molar-refractivity contribution in [1.82, 2.24) is 14.5 Å². The summed E-state index contributed by atoms with van der Waals surface area (Å²) in [5.74, 6) is 0.673. The minimum Gasteiger partial charge on any atom is -0.394 e. The lowest BCUT2D eigenvalue weighted by molar-refractivity contribution is -0.0448. The Morgan fingerprint density at radius 1 is 1.58 bits per heavy atom. The molecule has 7 nitrogen and oxygen atoms in total. The number of aryl methyl sites for hydroxylation is 1. The van der Waals surface area contributed by atoms with E-state index in [4.69, 9.17) is 9.84 Å². The number of morpholine rings is 1. The molecule has 1 aromatic heterocycles. The molecule has 1 fully saturated rings. The number of ether oxygens (including phenoxy) is 1. The van der Waals surface area contributed by atoms with Gasteiger partial charge in [0, 0.05) is 32.4 Å². The molecule has 1 unspecified atom stereocenters. The Morgan fingerprint density at radius 3 is 3.26 bits per heavy atom. The smallest absolute Gasteiger partial charge is 0.274 e. The van der Waals surface area contributed by atoms with Gasteiger partial charge in [-0.05, 0) is 6.42 Å². The Kier molecular flexibility index (Phi) is 3.39. The van der Waals surface area contributed by atoms with Gasteiger partial charge in [0.15, 0.2) is 0 Å². The molecular weight excluding hydrogens is 248 g/mol. The number of aromatic nitrogens is 2. The van der Waals surface area contributed by atoms with Gasteiger partial charge in [0.1, 0.15) is 5.69 Å². The standard InChI is InChI=1S/C12H18N4O3/c17-8-9-6-15(4-5-19-9)11(18)10-7-16-3-1-2-13-12(16)14-10/h7,9,17H,1-6,8H2,(H,13,14). The molecular formula is C12H18N4O3. The van der Waals surface area contributed by atoms with E-state index in [9.17, 15) is 4.79 Å². The lowest BCUT2D eigenvalue weighted by Gasteiger charge is -2.31. The lowest BCUT2D eigenvalue weighted by Crippen LogP contribution is -2.47. The number of rotatable bonds is 2. The number of carbonyl (C=O) groups is 1. The van der Waals surface area contributed by atoms with Gasteiger partial charge in [-0.1, -0.05) is 0 Å². The lowest BCUT2D eigenvalue weighted by atomic mass is 10.2. The molecule has 0 aromatic carbocycles. The van der Waals surface area contributed by atoms with E-state index in [1.807, 2.05) is 4.57 Å². The van der Waals surface area contributed by atoms with E-state index in [0.717, 1.165) is 25.5 Å². The van der Waals surface area contributed by atoms with Crippen molar-refractivity contribution in [3.63, 3.8) is 0 Å². The maximum absolute atomic E-state index is 12.4. The Labute approximate surface area is 111 Å². The number of aliphatic hydroxyl groups is 1. The summed E-state index contributed by atoms with van der Waals surface area (Å²) >= 11 is 0. The number of hydrogen-bond acceptors (Lipinski definition) is 5. The summed E-state index contributed by atoms with van der Waals surface area (Å²) in [5, 5.41) is 12.3. The van der Waals surface area contributed by atoms with Gasteiger partial charge in [0.25, 0.3) is 5.91 Å². The molecule has 0 saturated carbocycles. The highest BCUT2D eigenvalue weighted by atomic mass is 16.5. The van der Waals surface area contributed by atoms with Gasteiger partial charge >= 0.3 is 0 Å². The molecule has 1 atom stereocenters. The van der Waals surface area contributed by atoms with E-state index in [0.29, 0.717) is 25.4 Å². The van der Waals surface area contributed by atoms with Crippen LogP contribution in [0.4, 0.5) is 5.95 Å². The molecule has 2 N–H and O–H groups in total. The first-order valence-electron chi connectivity index (χ1n) is 6.60. The summed E-state index contributed by atoms with van der Waals surface area (Å²) in [5.41, 5.74) is 0.461. The minimum atomic E-state index is -0.284. The van der Waals surface area contributed by atoms with Crippen molar-refractivity contribution in [2.24, 2.45) is 0 Å². The molecule has 0 bridgehead atoms. The molecule has 2 aliphatic heterocycles. The molecule has 2 aliphatic rings. The second-order valence-corrected chi connectivity index (χ2v) is 4.85. The van der Waals surface area contributed by atoms with Crippen molar-refractivity contribution in [3.05, 3.63) is 11.9 Å². The van der Waals surface area contributed by atoms with Crippen LogP contribution in [0.2, 0.25) is 0 Å². The molecule has 0 aliphatic carbocycles. The summed E-state index contributed by atoms with van der Waals surface area (Å²) in [6.45, 7) is 3.16. The van der Waals surface area contributed by atoms with Crippen molar-refractivity contribution >= 4 is 11.9 Å². The molecule has 19 heavy (non-hydrogen) atoms. The zero-order chi connectivity index (χ0) is 13.2. The quantitative estimate of drug-likeness (QED) is 0.756. The molecule has 3 heterocycles. The van der Waals surface area contributed by atoms with Gasteiger partial charge in [-0.3, -0.25) is 4.79 Å². The van der Waals surface area contributed by atoms with Crippen LogP contribution < -0.4 is 5.32 Å². The third kappa shape index (κ3) is 2.43. The van der Waals surface area contributed by atoms with Gasteiger partial charge in [-0.25, -0.2) is 4.98 Å². The predicted octanol–water partition coefficient (Wildman–Crippen LogP) is -0.468. The van der Waals surface area contributed by atoms with E-state index in [-0.39, 0.29) is 18.6 Å². The number of fused-ring (bicyclic) bond motifs is 1. The largest absolute Gasteiger partial charge is 0.394 e. The molecule has 1 amide bonds. The molecule has 0 radical (unpaired) electrons. The predicted molar refractivity (Wildman–Crippen MR) is 68.1 cm³/mol. The SMILES string of the molecule is O=C(c1cn2c(n1)NCCC2)N1CCOC(CO)C1. The third-order valence-electron chi connectivity index (χ3n) is 3.48. The number of amides is 1. The highest BCUT2D eigenvalue weighted by Gasteiger charge is 2.27. The van der Waals surface area contributed by atoms with Crippen LogP contribution in [-0.4, -0.2) is 64.4 Å². The fourth-order valence-corrected chi connectivity index (χ4v) is 2.46. The Bertz CT molecular complexity index is 450. The van der Waals surface area contributed by atoms with Crippen molar-refractivity contribution in [1.29, 1.82) is 0 Å². The average molecular weight is 266 g/mol. The van der Waals surface area contributed by atoms with E-state index >= 15 is 0 Å². The zero-order valence-electron chi connectivity index (χ0n) is 10.7. The summed E-state index contributed by atoms with van der Waals surface area (Å²) in [7, 11) is 0. The number of nitrogens with zero attached hydrogens (tertiary/aromatic N) is 3. The maximum atomic E-state index is 12.4. The first kappa shape index (κ1) is 12.4. The Balaban J connectivity index is 1.74. The average Bonchev–Trinajstić information content (AvgIpc) is 2.90. The maximum Gasteiger partial charge on any atom is 0.274 e. The number of aliphatic hydroxyl groups excluding tert-OH is 1. The topological polar surface area (TPSA) is 79.6 Å². The Morgan fingerprint density at radius 2 is 2.47 bits per heavy atom. The van der Waals surface area contributed by atoms with Gasteiger partial charge in [0.05, 0.1) is 19.3 Å². The molecule has 104 valence electrons. The fourth-order valence-electron chi connectivity index (χ4n) is 2.46.